The van der Waals surface area contributed by atoms with Crippen LogP contribution in [0.5, 0.6) is 5.75 Å². The fourth-order valence-corrected chi connectivity index (χ4v) is 5.67. The molecule has 3 heterocycles. The number of hydrogen-bond acceptors (Lipinski definition) is 6. The van der Waals surface area contributed by atoms with Crippen LogP contribution in [0.3, 0.4) is 0 Å². The zero-order valence-corrected chi connectivity index (χ0v) is 19.8. The number of thiazole rings is 1. The Kier molecular flexibility index (Phi) is 6.04. The lowest BCUT2D eigenvalue weighted by Gasteiger charge is -2.36. The molecule has 1 unspecified atom stereocenters. The Morgan fingerprint density at radius 2 is 1.94 bits per heavy atom. The Labute approximate surface area is 197 Å². The van der Waals surface area contributed by atoms with E-state index in [1.165, 1.54) is 24.0 Å². The van der Waals surface area contributed by atoms with Crippen LogP contribution in [0.2, 0.25) is 0 Å². The van der Waals surface area contributed by atoms with E-state index in [0.29, 0.717) is 33.5 Å². The van der Waals surface area contributed by atoms with Crippen molar-refractivity contribution in [1.82, 2.24) is 9.88 Å². The second-order valence-electron chi connectivity index (χ2n) is 8.71. The lowest BCUT2D eigenvalue weighted by Crippen LogP contribution is -2.34. The largest absolute Gasteiger partial charge is 0.507 e. The Bertz CT molecular complexity index is 1340. The number of fused-ring (bicyclic) bond motifs is 1. The molecule has 1 saturated heterocycles. The van der Waals surface area contributed by atoms with Crippen molar-refractivity contribution in [3.63, 3.8) is 0 Å². The van der Waals surface area contributed by atoms with E-state index < -0.39 is 0 Å². The van der Waals surface area contributed by atoms with Gasteiger partial charge in [-0.1, -0.05) is 43.7 Å². The number of piperidine rings is 1. The number of hydrogen-bond donors (Lipinski definition) is 1. The number of nitrogens with zero attached hydrogens (tertiary/aromatic N) is 2. The average Bonchev–Trinajstić information content (AvgIpc) is 3.28. The lowest BCUT2D eigenvalue weighted by atomic mass is 9.90. The van der Waals surface area contributed by atoms with Crippen LogP contribution in [0.4, 0.5) is 0 Å². The van der Waals surface area contributed by atoms with Gasteiger partial charge in [-0.25, -0.2) is 4.98 Å². The predicted molar refractivity (Wildman–Crippen MR) is 133 cm³/mol. The van der Waals surface area contributed by atoms with Gasteiger partial charge in [0, 0.05) is 11.1 Å². The van der Waals surface area contributed by atoms with Gasteiger partial charge in [-0.2, -0.15) is 0 Å². The van der Waals surface area contributed by atoms with E-state index in [4.69, 9.17) is 4.42 Å². The lowest BCUT2D eigenvalue weighted by molar-refractivity contribution is 0.185. The summed E-state index contributed by atoms with van der Waals surface area (Å²) in [4.78, 5) is 20.5. The molecule has 6 heteroatoms. The van der Waals surface area contributed by atoms with E-state index in [2.05, 4.69) is 22.0 Å². The summed E-state index contributed by atoms with van der Waals surface area (Å²) in [7, 11) is 0. The topological polar surface area (TPSA) is 66.6 Å². The third kappa shape index (κ3) is 3.98. The second kappa shape index (κ2) is 9.12. The molecule has 0 amide bonds. The molecule has 5 rings (SSSR count). The number of phenols is 1. The second-order valence-corrected chi connectivity index (χ2v) is 9.57. The molecule has 1 fully saturated rings. The highest BCUT2D eigenvalue weighted by atomic mass is 32.1. The fraction of sp³-hybridized carbons (Fsp3) is 0.333. The average molecular weight is 461 g/mol. The van der Waals surface area contributed by atoms with Crippen molar-refractivity contribution < 1.29 is 9.52 Å². The molecule has 0 saturated carbocycles. The van der Waals surface area contributed by atoms with Crippen molar-refractivity contribution in [3.05, 3.63) is 80.6 Å². The highest BCUT2D eigenvalue weighted by Gasteiger charge is 2.31. The van der Waals surface area contributed by atoms with Gasteiger partial charge in [0.2, 0.25) is 5.43 Å². The van der Waals surface area contributed by atoms with Crippen LogP contribution in [-0.4, -0.2) is 28.1 Å². The van der Waals surface area contributed by atoms with Gasteiger partial charge < -0.3 is 9.52 Å². The molecule has 170 valence electrons. The minimum absolute atomic E-state index is 0.105. The van der Waals surface area contributed by atoms with E-state index in [1.807, 2.05) is 37.4 Å². The molecule has 4 aromatic rings. The van der Waals surface area contributed by atoms with Gasteiger partial charge in [0.15, 0.2) is 0 Å². The van der Waals surface area contributed by atoms with Crippen molar-refractivity contribution in [2.75, 3.05) is 13.1 Å². The Balaban J connectivity index is 1.79. The predicted octanol–water partition coefficient (Wildman–Crippen LogP) is 6.07. The highest BCUT2D eigenvalue weighted by molar-refractivity contribution is 7.13. The maximum absolute atomic E-state index is 13.6. The molecular weight excluding hydrogens is 432 g/mol. The van der Waals surface area contributed by atoms with Crippen molar-refractivity contribution in [2.24, 2.45) is 0 Å². The summed E-state index contributed by atoms with van der Waals surface area (Å²) < 4.78 is 6.17. The zero-order valence-electron chi connectivity index (χ0n) is 19.0. The van der Waals surface area contributed by atoms with Crippen LogP contribution in [0.1, 0.15) is 54.6 Å². The number of aromatic nitrogens is 1. The van der Waals surface area contributed by atoms with E-state index >= 15 is 0 Å². The minimum atomic E-state index is -0.184. The van der Waals surface area contributed by atoms with E-state index in [0.717, 1.165) is 42.8 Å². The summed E-state index contributed by atoms with van der Waals surface area (Å²) in [5, 5.41) is 14.5. The van der Waals surface area contributed by atoms with E-state index in [9.17, 15) is 9.90 Å². The molecule has 0 bridgehead atoms. The summed E-state index contributed by atoms with van der Waals surface area (Å²) in [6.07, 6.45) is 5.58. The quantitative estimate of drug-likeness (QED) is 0.392. The number of aromatic hydroxyl groups is 1. The maximum atomic E-state index is 13.6. The molecule has 5 nitrogen and oxygen atoms in total. The number of aryl methyl sites for hydroxylation is 2. The van der Waals surface area contributed by atoms with Crippen LogP contribution < -0.4 is 5.43 Å². The van der Waals surface area contributed by atoms with Gasteiger partial charge in [-0.3, -0.25) is 9.69 Å². The number of phenolic OH excluding ortho intramolecular Hbond substituents is 1. The van der Waals surface area contributed by atoms with Crippen LogP contribution in [-0.2, 0) is 6.42 Å². The first kappa shape index (κ1) is 21.9. The number of rotatable bonds is 5. The van der Waals surface area contributed by atoms with Crippen LogP contribution in [0.25, 0.3) is 21.5 Å². The summed E-state index contributed by atoms with van der Waals surface area (Å²) in [6, 6.07) is 11.8. The SMILES string of the molecule is CCc1cc2c(=O)c(-c3nc(C)cs3)coc2c(C(c2ccccc2)N2CCCCC2)c1O. The summed E-state index contributed by atoms with van der Waals surface area (Å²) in [5.41, 5.74) is 4.24. The number of benzene rings is 2. The molecule has 2 aromatic heterocycles. The van der Waals surface area contributed by atoms with Gasteiger partial charge in [0.05, 0.1) is 22.6 Å². The summed E-state index contributed by atoms with van der Waals surface area (Å²) in [5.74, 6) is 0.227. The Morgan fingerprint density at radius 1 is 1.18 bits per heavy atom. The molecule has 0 radical (unpaired) electrons. The molecule has 33 heavy (non-hydrogen) atoms. The van der Waals surface area contributed by atoms with Crippen LogP contribution >= 0.6 is 11.3 Å². The summed E-state index contributed by atoms with van der Waals surface area (Å²) in [6.45, 7) is 5.80. The van der Waals surface area contributed by atoms with Gasteiger partial charge >= 0.3 is 0 Å². The first-order valence-electron chi connectivity index (χ1n) is 11.6. The summed E-state index contributed by atoms with van der Waals surface area (Å²) >= 11 is 1.44. The molecule has 0 spiro atoms. The standard InChI is InChI=1S/C27H28N2O3S/c1-3-18-14-20-25(31)21(27-28-17(2)16-33-27)15-32-26(20)22(24(18)30)23(19-10-6-4-7-11-19)29-12-8-5-9-13-29/h4,6-7,10-11,14-16,23,30H,3,5,8-9,12-13H2,1-2H3. The Hall–Kier alpha value is -2.96. The smallest absolute Gasteiger partial charge is 0.202 e. The van der Waals surface area contributed by atoms with Crippen LogP contribution in [0, 0.1) is 6.92 Å². The van der Waals surface area contributed by atoms with Gasteiger partial charge in [0.25, 0.3) is 0 Å². The molecule has 1 aliphatic heterocycles. The normalized spacial score (nSPS) is 15.7. The molecule has 2 aromatic carbocycles. The van der Waals surface area contributed by atoms with E-state index in [-0.39, 0.29) is 17.2 Å². The third-order valence-electron chi connectivity index (χ3n) is 6.53. The molecule has 1 atom stereocenters. The van der Waals surface area contributed by atoms with Crippen molar-refractivity contribution >= 4 is 22.3 Å². The fourth-order valence-electron chi connectivity index (χ4n) is 4.87. The first-order valence-corrected chi connectivity index (χ1v) is 12.5. The Morgan fingerprint density at radius 3 is 2.61 bits per heavy atom. The number of likely N-dealkylation sites (tertiary alicyclic amines) is 1. The molecule has 1 N–H and O–H groups in total. The third-order valence-corrected chi connectivity index (χ3v) is 7.52. The zero-order chi connectivity index (χ0) is 22.9. The van der Waals surface area contributed by atoms with Gasteiger partial charge in [-0.05, 0) is 56.5 Å². The maximum Gasteiger partial charge on any atom is 0.202 e. The monoisotopic (exact) mass is 460 g/mol. The highest BCUT2D eigenvalue weighted by Crippen LogP contribution is 2.42. The first-order chi connectivity index (χ1) is 16.1. The molecular formula is C27H28N2O3S. The molecule has 0 aliphatic carbocycles. The minimum Gasteiger partial charge on any atom is -0.507 e. The van der Waals surface area contributed by atoms with Crippen molar-refractivity contribution in [2.45, 2.75) is 45.6 Å². The van der Waals surface area contributed by atoms with Crippen LogP contribution in [0.15, 0.2) is 57.3 Å². The van der Waals surface area contributed by atoms with E-state index in [1.54, 1.807) is 6.07 Å². The van der Waals surface area contributed by atoms with Crippen molar-refractivity contribution in [1.29, 1.82) is 0 Å². The van der Waals surface area contributed by atoms with Crippen molar-refractivity contribution in [3.8, 4) is 16.3 Å². The molecule has 1 aliphatic rings. The van der Waals surface area contributed by atoms with Gasteiger partial charge in [-0.15, -0.1) is 11.3 Å². The van der Waals surface area contributed by atoms with Gasteiger partial charge in [0.1, 0.15) is 22.6 Å².